The van der Waals surface area contributed by atoms with E-state index in [0.29, 0.717) is 16.3 Å². The molecule has 0 spiro atoms. The van der Waals surface area contributed by atoms with Gasteiger partial charge in [-0.05, 0) is 29.0 Å². The van der Waals surface area contributed by atoms with Crippen LogP contribution in [0, 0.1) is 0 Å². The molecule has 0 aliphatic carbocycles. The lowest BCUT2D eigenvalue weighted by Crippen LogP contribution is -2.09. The summed E-state index contributed by atoms with van der Waals surface area (Å²) in [7, 11) is 0. The van der Waals surface area contributed by atoms with Crippen LogP contribution in [0.1, 0.15) is 15.9 Å². The number of hydrogen-bond acceptors (Lipinski definition) is 4. The van der Waals surface area contributed by atoms with Crippen LogP contribution in [0.25, 0.3) is 10.8 Å². The second-order valence-electron chi connectivity index (χ2n) is 4.70. The van der Waals surface area contributed by atoms with Gasteiger partial charge in [-0.1, -0.05) is 35.9 Å². The molecule has 0 radical (unpaired) electrons. The predicted molar refractivity (Wildman–Crippen MR) is 85.5 cm³/mol. The monoisotopic (exact) mass is 297 g/mol. The van der Waals surface area contributed by atoms with Gasteiger partial charge in [0, 0.05) is 17.4 Å². The maximum atomic E-state index is 12.6. The van der Waals surface area contributed by atoms with Crippen molar-refractivity contribution in [1.82, 2.24) is 4.98 Å². The fraction of sp³-hybridized carbons (Fsp3) is 0. The van der Waals surface area contributed by atoms with E-state index in [2.05, 4.69) is 4.98 Å². The van der Waals surface area contributed by atoms with E-state index in [1.54, 1.807) is 12.1 Å². The number of nitrogens with zero attached hydrogens (tertiary/aromatic N) is 1. The van der Waals surface area contributed by atoms with Crippen LogP contribution >= 0.6 is 11.6 Å². The molecule has 0 atom stereocenters. The minimum atomic E-state index is -0.286. The summed E-state index contributed by atoms with van der Waals surface area (Å²) in [6.07, 6.45) is 1.40. The maximum absolute atomic E-state index is 12.6. The first-order valence-corrected chi connectivity index (χ1v) is 6.68. The highest BCUT2D eigenvalue weighted by molar-refractivity contribution is 6.31. The molecule has 3 rings (SSSR count). The summed E-state index contributed by atoms with van der Waals surface area (Å²) < 4.78 is 0. The number of rotatable bonds is 2. The van der Waals surface area contributed by atoms with Gasteiger partial charge >= 0.3 is 0 Å². The fourth-order valence-electron chi connectivity index (χ4n) is 2.23. The third kappa shape index (κ3) is 2.41. The quantitative estimate of drug-likeness (QED) is 0.562. The van der Waals surface area contributed by atoms with Crippen LogP contribution < -0.4 is 11.5 Å². The number of halogens is 1. The number of aromatic nitrogens is 1. The second kappa shape index (κ2) is 5.07. The van der Waals surface area contributed by atoms with Gasteiger partial charge in [-0.3, -0.25) is 4.79 Å². The van der Waals surface area contributed by atoms with Gasteiger partial charge < -0.3 is 11.5 Å². The summed E-state index contributed by atoms with van der Waals surface area (Å²) in [6, 6.07) is 12.7. The molecule has 0 aliphatic rings. The Kier molecular flexibility index (Phi) is 3.23. The van der Waals surface area contributed by atoms with Crippen LogP contribution in [0.5, 0.6) is 0 Å². The normalized spacial score (nSPS) is 10.7. The Hall–Kier alpha value is -2.59. The summed E-state index contributed by atoms with van der Waals surface area (Å²) in [5, 5.41) is 2.26. The van der Waals surface area contributed by atoms with E-state index in [1.165, 1.54) is 12.3 Å². The van der Waals surface area contributed by atoms with Crippen molar-refractivity contribution < 1.29 is 4.79 Å². The van der Waals surface area contributed by atoms with E-state index in [0.717, 1.165) is 10.8 Å². The molecule has 1 heterocycles. The van der Waals surface area contributed by atoms with Crippen LogP contribution in [0.4, 0.5) is 11.5 Å². The average molecular weight is 298 g/mol. The summed E-state index contributed by atoms with van der Waals surface area (Å²) in [6.45, 7) is 0. The van der Waals surface area contributed by atoms with Crippen molar-refractivity contribution in [2.24, 2.45) is 0 Å². The van der Waals surface area contributed by atoms with Gasteiger partial charge in [0.2, 0.25) is 0 Å². The number of pyridine rings is 1. The molecule has 104 valence electrons. The highest BCUT2D eigenvalue weighted by Crippen LogP contribution is 2.26. The molecular formula is C16H12ClN3O. The van der Waals surface area contributed by atoms with E-state index in [-0.39, 0.29) is 17.2 Å². The summed E-state index contributed by atoms with van der Waals surface area (Å²) in [5.74, 6) is -0.150. The van der Waals surface area contributed by atoms with Crippen LogP contribution in [0.2, 0.25) is 5.02 Å². The van der Waals surface area contributed by atoms with Crippen LogP contribution in [-0.4, -0.2) is 10.8 Å². The van der Waals surface area contributed by atoms with Crippen molar-refractivity contribution in [1.29, 1.82) is 0 Å². The topological polar surface area (TPSA) is 82.0 Å². The Morgan fingerprint density at radius 2 is 1.67 bits per heavy atom. The summed E-state index contributed by atoms with van der Waals surface area (Å²) >= 11 is 5.88. The smallest absolute Gasteiger partial charge is 0.198 e. The molecule has 0 saturated carbocycles. The lowest BCUT2D eigenvalue weighted by Gasteiger charge is -2.09. The third-order valence-electron chi connectivity index (χ3n) is 3.29. The zero-order chi connectivity index (χ0) is 15.0. The lowest BCUT2D eigenvalue weighted by molar-refractivity contribution is 0.104. The third-order valence-corrected chi connectivity index (χ3v) is 3.50. The first-order valence-electron chi connectivity index (χ1n) is 6.30. The Balaban J connectivity index is 2.17. The SMILES string of the molecule is Nc1cc2ccccc2cc1C(=O)c1cc(Cl)cnc1N. The lowest BCUT2D eigenvalue weighted by atomic mass is 9.98. The summed E-state index contributed by atoms with van der Waals surface area (Å²) in [5.41, 5.74) is 12.8. The summed E-state index contributed by atoms with van der Waals surface area (Å²) in [4.78, 5) is 16.5. The van der Waals surface area contributed by atoms with Gasteiger partial charge in [0.05, 0.1) is 10.6 Å². The zero-order valence-electron chi connectivity index (χ0n) is 11.0. The molecule has 0 amide bonds. The number of fused-ring (bicyclic) bond motifs is 1. The number of ketones is 1. The largest absolute Gasteiger partial charge is 0.398 e. The van der Waals surface area contributed by atoms with Gasteiger partial charge in [0.1, 0.15) is 5.82 Å². The molecule has 0 saturated heterocycles. The van der Waals surface area contributed by atoms with E-state index >= 15 is 0 Å². The Labute approximate surface area is 126 Å². The van der Waals surface area contributed by atoms with E-state index in [4.69, 9.17) is 23.1 Å². The van der Waals surface area contributed by atoms with Crippen molar-refractivity contribution in [3.8, 4) is 0 Å². The minimum Gasteiger partial charge on any atom is -0.398 e. The van der Waals surface area contributed by atoms with E-state index in [9.17, 15) is 4.79 Å². The molecule has 4 nitrogen and oxygen atoms in total. The highest BCUT2D eigenvalue weighted by Gasteiger charge is 2.17. The van der Waals surface area contributed by atoms with Crippen molar-refractivity contribution in [3.05, 3.63) is 64.8 Å². The number of hydrogen-bond donors (Lipinski definition) is 2. The van der Waals surface area contributed by atoms with E-state index in [1.807, 2.05) is 24.3 Å². The number of carbonyl (C=O) groups excluding carboxylic acids is 1. The Morgan fingerprint density at radius 3 is 2.38 bits per heavy atom. The van der Waals surface area contributed by atoms with Crippen molar-refractivity contribution in [3.63, 3.8) is 0 Å². The van der Waals surface area contributed by atoms with Gasteiger partial charge in [0.25, 0.3) is 0 Å². The molecule has 0 unspecified atom stereocenters. The Bertz CT molecular complexity index is 861. The van der Waals surface area contributed by atoms with Gasteiger partial charge in [-0.2, -0.15) is 0 Å². The average Bonchev–Trinajstić information content (AvgIpc) is 2.48. The van der Waals surface area contributed by atoms with Crippen molar-refractivity contribution >= 4 is 39.7 Å². The molecule has 21 heavy (non-hydrogen) atoms. The second-order valence-corrected chi connectivity index (χ2v) is 5.14. The number of benzene rings is 2. The zero-order valence-corrected chi connectivity index (χ0v) is 11.8. The number of nitrogens with two attached hydrogens (primary N) is 2. The van der Waals surface area contributed by atoms with Crippen LogP contribution in [0.3, 0.4) is 0 Å². The Morgan fingerprint density at radius 1 is 1.00 bits per heavy atom. The van der Waals surface area contributed by atoms with Gasteiger partial charge in [-0.15, -0.1) is 0 Å². The molecule has 1 aromatic heterocycles. The molecule has 5 heteroatoms. The first-order chi connectivity index (χ1) is 10.1. The molecule has 3 aromatic rings. The maximum Gasteiger partial charge on any atom is 0.198 e. The number of carbonyl (C=O) groups is 1. The van der Waals surface area contributed by atoms with Gasteiger partial charge in [0.15, 0.2) is 5.78 Å². The number of anilines is 2. The molecule has 0 bridgehead atoms. The van der Waals surface area contributed by atoms with Crippen molar-refractivity contribution in [2.75, 3.05) is 11.5 Å². The molecular weight excluding hydrogens is 286 g/mol. The minimum absolute atomic E-state index is 0.136. The van der Waals surface area contributed by atoms with Crippen LogP contribution in [0.15, 0.2) is 48.7 Å². The molecule has 2 aromatic carbocycles. The fourth-order valence-corrected chi connectivity index (χ4v) is 2.39. The van der Waals surface area contributed by atoms with Crippen LogP contribution in [-0.2, 0) is 0 Å². The van der Waals surface area contributed by atoms with Crippen molar-refractivity contribution in [2.45, 2.75) is 0 Å². The molecule has 0 aliphatic heterocycles. The first kappa shape index (κ1) is 13.4. The predicted octanol–water partition coefficient (Wildman–Crippen LogP) is 3.28. The molecule has 4 N–H and O–H groups in total. The van der Waals surface area contributed by atoms with Gasteiger partial charge in [-0.25, -0.2) is 4.98 Å². The molecule has 0 fully saturated rings. The standard InChI is InChI=1S/C16H12ClN3O/c17-11-7-13(16(19)20-8-11)15(21)12-5-9-3-1-2-4-10(9)6-14(12)18/h1-8H,18H2,(H2,19,20). The highest BCUT2D eigenvalue weighted by atomic mass is 35.5. The van der Waals surface area contributed by atoms with E-state index < -0.39 is 0 Å². The number of nitrogen functional groups attached to an aromatic ring is 2.